The number of hydrogen-bond acceptors (Lipinski definition) is 9. The molecule has 11 heteroatoms. The van der Waals surface area contributed by atoms with Gasteiger partial charge in [-0.1, -0.05) is 66.7 Å². The molecule has 0 spiro atoms. The van der Waals surface area contributed by atoms with Crippen LogP contribution in [0.3, 0.4) is 0 Å². The minimum Gasteiger partial charge on any atom is -0.496 e. The molecular formula is C45H73N5O6. The molecule has 1 saturated heterocycles. The minimum absolute atomic E-state index is 0.00490. The first kappa shape index (κ1) is 45.5. The topological polar surface area (TPSA) is 127 Å². The fourth-order valence-corrected chi connectivity index (χ4v) is 9.18. The monoisotopic (exact) mass is 780 g/mol. The first-order valence-electron chi connectivity index (χ1n) is 20.9. The van der Waals surface area contributed by atoms with Gasteiger partial charge in [0.25, 0.3) is 5.91 Å². The summed E-state index contributed by atoms with van der Waals surface area (Å²) in [5, 5.41) is 29.7. The zero-order valence-electron chi connectivity index (χ0n) is 36.6. The average Bonchev–Trinajstić information content (AvgIpc) is 3.51. The van der Waals surface area contributed by atoms with E-state index in [1.165, 1.54) is 0 Å². The van der Waals surface area contributed by atoms with E-state index in [-0.39, 0.29) is 48.4 Å². The maximum atomic E-state index is 14.4. The third-order valence-electron chi connectivity index (χ3n) is 13.1. The molecule has 1 heterocycles. The van der Waals surface area contributed by atoms with Crippen LogP contribution in [-0.2, 0) is 16.2 Å². The number of benzene rings is 2. The van der Waals surface area contributed by atoms with E-state index in [0.717, 1.165) is 54.9 Å². The van der Waals surface area contributed by atoms with Crippen molar-refractivity contribution in [2.24, 2.45) is 35.0 Å². The van der Waals surface area contributed by atoms with Crippen molar-refractivity contribution in [3.8, 4) is 16.9 Å². The van der Waals surface area contributed by atoms with Crippen LogP contribution in [0.4, 0.5) is 5.69 Å². The number of para-hydroxylation sites is 1. The van der Waals surface area contributed by atoms with Crippen LogP contribution in [0, 0.1) is 35.0 Å². The molecule has 1 saturated carbocycles. The molecule has 56 heavy (non-hydrogen) atoms. The van der Waals surface area contributed by atoms with Crippen LogP contribution in [-0.4, -0.2) is 110 Å². The van der Waals surface area contributed by atoms with Crippen LogP contribution >= 0.6 is 0 Å². The molecule has 11 nitrogen and oxygen atoms in total. The Hall–Kier alpha value is -3.22. The molecule has 2 amide bonds. The highest BCUT2D eigenvalue weighted by molar-refractivity contribution is 5.97. The van der Waals surface area contributed by atoms with Gasteiger partial charge in [-0.15, -0.1) is 0 Å². The number of rotatable bonds is 17. The molecule has 2 fully saturated rings. The highest BCUT2D eigenvalue weighted by Crippen LogP contribution is 2.48. The van der Waals surface area contributed by atoms with Crippen molar-refractivity contribution < 1.29 is 29.4 Å². The van der Waals surface area contributed by atoms with Crippen molar-refractivity contribution in [2.75, 3.05) is 52.3 Å². The lowest BCUT2D eigenvalue weighted by molar-refractivity contribution is -0.182. The van der Waals surface area contributed by atoms with E-state index < -0.39 is 24.2 Å². The van der Waals surface area contributed by atoms with Crippen molar-refractivity contribution in [2.45, 2.75) is 119 Å². The van der Waals surface area contributed by atoms with Crippen molar-refractivity contribution in [3.63, 3.8) is 0 Å². The molecule has 1 aliphatic heterocycles. The van der Waals surface area contributed by atoms with E-state index in [1.807, 2.05) is 44.4 Å². The van der Waals surface area contributed by atoms with Gasteiger partial charge in [0.2, 0.25) is 5.91 Å². The second kappa shape index (κ2) is 19.5. The molecule has 314 valence electrons. The predicted octanol–water partition coefficient (Wildman–Crippen LogP) is 6.21. The maximum Gasteiger partial charge on any atom is 0.251 e. The van der Waals surface area contributed by atoms with Gasteiger partial charge in [-0.2, -0.15) is 5.06 Å². The number of likely N-dealkylation sites (N-methyl/N-ethyl adjacent to an activating group) is 1. The van der Waals surface area contributed by atoms with E-state index in [4.69, 9.17) is 9.57 Å². The molecule has 9 atom stereocenters. The van der Waals surface area contributed by atoms with E-state index in [1.54, 1.807) is 19.1 Å². The second-order valence-electron chi connectivity index (χ2n) is 17.9. The molecule has 0 bridgehead atoms. The van der Waals surface area contributed by atoms with E-state index in [9.17, 15) is 19.8 Å². The number of hydroxylamine groups is 2. The van der Waals surface area contributed by atoms with Crippen molar-refractivity contribution >= 4 is 17.5 Å². The minimum atomic E-state index is -0.910. The zero-order chi connectivity index (χ0) is 41.6. The first-order chi connectivity index (χ1) is 26.4. The molecule has 4 rings (SSSR count). The number of carbonyl (C=O) groups excluding carboxylic acids is 2. The van der Waals surface area contributed by atoms with Gasteiger partial charge in [0.1, 0.15) is 17.9 Å². The average molecular weight is 780 g/mol. The lowest BCUT2D eigenvalue weighted by Gasteiger charge is -2.50. The van der Waals surface area contributed by atoms with Crippen molar-refractivity contribution in [3.05, 3.63) is 47.5 Å². The highest BCUT2D eigenvalue weighted by atomic mass is 16.7. The number of nitrogens with one attached hydrogen (secondary N) is 2. The number of ether oxygens (including phenoxy) is 1. The summed E-state index contributed by atoms with van der Waals surface area (Å²) >= 11 is 0. The van der Waals surface area contributed by atoms with Crippen LogP contribution in [0.1, 0.15) is 98.0 Å². The number of nitrogens with zero attached hydrogens (tertiary/aromatic N) is 3. The van der Waals surface area contributed by atoms with Gasteiger partial charge in [0.05, 0.1) is 26.4 Å². The van der Waals surface area contributed by atoms with Gasteiger partial charge in [0, 0.05) is 60.0 Å². The number of anilines is 1. The van der Waals surface area contributed by atoms with Gasteiger partial charge in [-0.25, -0.2) is 0 Å². The molecule has 0 aromatic heterocycles. The Morgan fingerprint density at radius 3 is 2.32 bits per heavy atom. The molecule has 2 aromatic rings. The summed E-state index contributed by atoms with van der Waals surface area (Å²) in [5.74, 6) is 1.08. The zero-order valence-corrected chi connectivity index (χ0v) is 36.6. The Morgan fingerprint density at radius 1 is 1.07 bits per heavy atom. The molecule has 1 aliphatic carbocycles. The first-order valence-corrected chi connectivity index (χ1v) is 20.9. The fourth-order valence-electron chi connectivity index (χ4n) is 9.18. The number of aliphatic hydroxyl groups is 2. The summed E-state index contributed by atoms with van der Waals surface area (Å²) in [7, 11) is 5.67. The quantitative estimate of drug-likeness (QED) is 0.148. The second-order valence-corrected chi connectivity index (χ2v) is 17.9. The Morgan fingerprint density at radius 2 is 1.75 bits per heavy atom. The summed E-state index contributed by atoms with van der Waals surface area (Å²) < 4.78 is 6.15. The molecule has 0 radical (unpaired) electrons. The highest BCUT2D eigenvalue weighted by Gasteiger charge is 2.51. The van der Waals surface area contributed by atoms with E-state index >= 15 is 0 Å². The lowest BCUT2D eigenvalue weighted by Crippen LogP contribution is -2.56. The summed E-state index contributed by atoms with van der Waals surface area (Å²) in [4.78, 5) is 39.1. The normalized spacial score (nSPS) is 26.3. The van der Waals surface area contributed by atoms with Gasteiger partial charge in [0.15, 0.2) is 0 Å². The SMILES string of the molecule is CCN(CC)c1cc(C(=O)N[C@@H](CC(C)C)CN(C)C)cc(-c2cccc(CN3O[C@@H](CO)[C@@H]([C@H](C)O)[C@H]3C(=O)N[C@H]3C[C@@H](C)C(C)(C)[C@@H](C)[C@@H]3C)c2OC)c1. The van der Waals surface area contributed by atoms with Crippen molar-refractivity contribution in [1.29, 1.82) is 0 Å². The molecular weight excluding hydrogens is 707 g/mol. The number of amides is 2. The molecule has 2 aliphatic rings. The molecule has 4 N–H and O–H groups in total. The molecule has 2 aromatic carbocycles. The van der Waals surface area contributed by atoms with E-state index in [2.05, 4.69) is 88.8 Å². The number of hydrogen-bond donors (Lipinski definition) is 4. The van der Waals surface area contributed by atoms with E-state index in [0.29, 0.717) is 29.1 Å². The van der Waals surface area contributed by atoms with Crippen molar-refractivity contribution in [1.82, 2.24) is 20.6 Å². The van der Waals surface area contributed by atoms with Crippen LogP contribution in [0.2, 0.25) is 0 Å². The van der Waals surface area contributed by atoms with Crippen LogP contribution < -0.4 is 20.3 Å². The summed E-state index contributed by atoms with van der Waals surface area (Å²) in [6, 6.07) is 11.0. The Bertz CT molecular complexity index is 1600. The summed E-state index contributed by atoms with van der Waals surface area (Å²) in [5.41, 5.74) is 4.05. The Kier molecular flexibility index (Phi) is 15.8. The third-order valence-corrected chi connectivity index (χ3v) is 13.1. The van der Waals surface area contributed by atoms with Gasteiger partial charge in [-0.05, 0) is 101 Å². The van der Waals surface area contributed by atoms with Crippen LogP contribution in [0.5, 0.6) is 5.75 Å². The van der Waals surface area contributed by atoms with Gasteiger partial charge < -0.3 is 35.4 Å². The lowest BCUT2D eigenvalue weighted by atomic mass is 9.58. The van der Waals surface area contributed by atoms with Gasteiger partial charge >= 0.3 is 0 Å². The Balaban J connectivity index is 1.73. The number of aliphatic hydroxyl groups excluding tert-OH is 2. The Labute approximate surface area is 337 Å². The maximum absolute atomic E-state index is 14.4. The number of methoxy groups -OCH3 is 1. The standard InChI is InChI=1S/C45H73N5O6/c1-14-49(15-2)36-22-33(21-34(23-36)43(53)46-35(19-27(3)4)25-48(11)12)37-18-16-17-32(42(37)55-13)24-50-41(40(31(8)52)39(26-51)56-50)44(54)47-38-20-28(5)45(9,10)30(7)29(38)6/h16-18,21-23,27-31,35,38-41,51-52H,14-15,19-20,24-26H2,1-13H3,(H,46,53)(H,47,54)/t28-,29+,30+,31+,35+,38+,39+,40-,41+/m1/s1. The fraction of sp³-hybridized carbons (Fsp3) is 0.689. The summed E-state index contributed by atoms with van der Waals surface area (Å²) in [6.07, 6.45) is 0.0477. The van der Waals surface area contributed by atoms with Gasteiger partial charge in [-0.3, -0.25) is 14.4 Å². The van der Waals surface area contributed by atoms with Crippen LogP contribution in [0.15, 0.2) is 36.4 Å². The summed E-state index contributed by atoms with van der Waals surface area (Å²) in [6.45, 7) is 23.7. The number of carbonyl (C=O) groups is 2. The third kappa shape index (κ3) is 10.3. The smallest absolute Gasteiger partial charge is 0.251 e. The van der Waals surface area contributed by atoms with Crippen LogP contribution in [0.25, 0.3) is 11.1 Å². The largest absolute Gasteiger partial charge is 0.496 e. The predicted molar refractivity (Wildman–Crippen MR) is 226 cm³/mol. The molecule has 0 unspecified atom stereocenters.